The third-order valence-corrected chi connectivity index (χ3v) is 4.39. The quantitative estimate of drug-likeness (QED) is 0.892. The number of aromatic nitrogens is 1. The van der Waals surface area contributed by atoms with Crippen LogP contribution in [0.4, 0.5) is 5.69 Å². The van der Waals surface area contributed by atoms with E-state index in [1.807, 2.05) is 12.3 Å². The van der Waals surface area contributed by atoms with Crippen LogP contribution in [0, 0.1) is 5.41 Å². The summed E-state index contributed by atoms with van der Waals surface area (Å²) >= 11 is 0. The normalized spacial score (nSPS) is 20.8. The molecule has 1 N–H and O–H groups in total. The fraction of sp³-hybridized carbons (Fsp3) is 0.667. The van der Waals surface area contributed by atoms with E-state index in [-0.39, 0.29) is 0 Å². The second kappa shape index (κ2) is 5.27. The summed E-state index contributed by atoms with van der Waals surface area (Å²) in [6.07, 6.45) is 5.17. The van der Waals surface area contributed by atoms with Crippen LogP contribution in [0.3, 0.4) is 0 Å². The molecule has 1 saturated heterocycles. The summed E-state index contributed by atoms with van der Waals surface area (Å²) < 4.78 is 0. The summed E-state index contributed by atoms with van der Waals surface area (Å²) in [4.78, 5) is 6.72. The number of aliphatic hydroxyl groups is 1. The monoisotopic (exact) mass is 248 g/mol. The first-order chi connectivity index (χ1) is 8.54. The van der Waals surface area contributed by atoms with Crippen LogP contribution >= 0.6 is 0 Å². The van der Waals surface area contributed by atoms with Crippen LogP contribution in [0.25, 0.3) is 0 Å². The average molecular weight is 248 g/mol. The van der Waals surface area contributed by atoms with Crippen molar-refractivity contribution >= 4 is 5.69 Å². The molecule has 18 heavy (non-hydrogen) atoms. The fourth-order valence-corrected chi connectivity index (χ4v) is 2.49. The second-order valence-corrected chi connectivity index (χ2v) is 5.77. The summed E-state index contributed by atoms with van der Waals surface area (Å²) in [5.74, 6) is 0. The maximum absolute atomic E-state index is 9.45. The lowest BCUT2D eigenvalue weighted by Crippen LogP contribution is -2.38. The van der Waals surface area contributed by atoms with Crippen LogP contribution < -0.4 is 4.90 Å². The van der Waals surface area contributed by atoms with Gasteiger partial charge >= 0.3 is 0 Å². The number of anilines is 1. The van der Waals surface area contributed by atoms with Crippen molar-refractivity contribution in [2.45, 2.75) is 46.1 Å². The van der Waals surface area contributed by atoms with Crippen molar-refractivity contribution < 1.29 is 5.11 Å². The minimum atomic E-state index is -0.483. The van der Waals surface area contributed by atoms with Gasteiger partial charge in [-0.05, 0) is 37.3 Å². The van der Waals surface area contributed by atoms with Gasteiger partial charge in [0.05, 0.1) is 23.7 Å². The van der Waals surface area contributed by atoms with Gasteiger partial charge in [-0.15, -0.1) is 0 Å². The highest BCUT2D eigenvalue weighted by atomic mass is 16.3. The van der Waals surface area contributed by atoms with E-state index in [9.17, 15) is 5.11 Å². The summed E-state index contributed by atoms with van der Waals surface area (Å²) in [5.41, 5.74) is 2.44. The Bertz CT molecular complexity index is 378. The molecule has 1 aromatic heterocycles. The number of hydrogen-bond donors (Lipinski definition) is 1. The van der Waals surface area contributed by atoms with Crippen molar-refractivity contribution in [3.8, 4) is 0 Å². The van der Waals surface area contributed by atoms with Crippen molar-refractivity contribution in [3.63, 3.8) is 0 Å². The third kappa shape index (κ3) is 2.83. The SMILES string of the molecule is CCC1(C)CCN(c2ccc(C(C)O)nc2)CC1. The molecule has 0 saturated carbocycles. The molecule has 1 unspecified atom stereocenters. The molecular weight excluding hydrogens is 224 g/mol. The Morgan fingerprint density at radius 3 is 2.50 bits per heavy atom. The lowest BCUT2D eigenvalue weighted by atomic mass is 9.78. The number of hydrogen-bond acceptors (Lipinski definition) is 3. The van der Waals surface area contributed by atoms with Gasteiger partial charge in [-0.2, -0.15) is 0 Å². The molecule has 3 nitrogen and oxygen atoms in total. The van der Waals surface area contributed by atoms with Gasteiger partial charge in [0.1, 0.15) is 0 Å². The van der Waals surface area contributed by atoms with Crippen LogP contribution in [-0.2, 0) is 0 Å². The molecule has 0 spiro atoms. The van der Waals surface area contributed by atoms with E-state index in [4.69, 9.17) is 0 Å². The lowest BCUT2D eigenvalue weighted by molar-refractivity contribution is 0.194. The Kier molecular flexibility index (Phi) is 3.91. The number of aliphatic hydroxyl groups excluding tert-OH is 1. The molecule has 2 rings (SSSR count). The van der Waals surface area contributed by atoms with Crippen molar-refractivity contribution in [2.24, 2.45) is 5.41 Å². The van der Waals surface area contributed by atoms with Crippen molar-refractivity contribution in [1.82, 2.24) is 4.98 Å². The molecule has 2 heterocycles. The Labute approximate surface area is 110 Å². The molecule has 3 heteroatoms. The molecular formula is C15H24N2O. The first-order valence-electron chi connectivity index (χ1n) is 6.93. The zero-order valence-electron chi connectivity index (χ0n) is 11.7. The molecule has 0 aliphatic carbocycles. The maximum Gasteiger partial charge on any atom is 0.0931 e. The molecule has 0 amide bonds. The predicted octanol–water partition coefficient (Wildman–Crippen LogP) is 3.15. The van der Waals surface area contributed by atoms with Gasteiger partial charge in [0.2, 0.25) is 0 Å². The molecule has 0 aromatic carbocycles. The molecule has 100 valence electrons. The lowest BCUT2D eigenvalue weighted by Gasteiger charge is -2.40. The van der Waals surface area contributed by atoms with E-state index in [0.29, 0.717) is 5.41 Å². The first kappa shape index (κ1) is 13.3. The highest BCUT2D eigenvalue weighted by Gasteiger charge is 2.28. The third-order valence-electron chi connectivity index (χ3n) is 4.39. The van der Waals surface area contributed by atoms with E-state index in [1.54, 1.807) is 6.92 Å². The van der Waals surface area contributed by atoms with E-state index < -0.39 is 6.10 Å². The first-order valence-corrected chi connectivity index (χ1v) is 6.93. The van der Waals surface area contributed by atoms with Gasteiger partial charge in [0.25, 0.3) is 0 Å². The average Bonchev–Trinajstić information content (AvgIpc) is 2.40. The number of rotatable bonds is 3. The van der Waals surface area contributed by atoms with Gasteiger partial charge in [-0.3, -0.25) is 4.98 Å². The van der Waals surface area contributed by atoms with Gasteiger partial charge in [-0.25, -0.2) is 0 Å². The van der Waals surface area contributed by atoms with E-state index in [0.717, 1.165) is 18.8 Å². The Hall–Kier alpha value is -1.09. The van der Waals surface area contributed by atoms with Crippen molar-refractivity contribution in [2.75, 3.05) is 18.0 Å². The predicted molar refractivity (Wildman–Crippen MR) is 74.7 cm³/mol. The highest BCUT2D eigenvalue weighted by molar-refractivity contribution is 5.45. The summed E-state index contributed by atoms with van der Waals surface area (Å²) in [6.45, 7) is 8.64. The van der Waals surface area contributed by atoms with Crippen LogP contribution in [0.15, 0.2) is 18.3 Å². The second-order valence-electron chi connectivity index (χ2n) is 5.77. The fourth-order valence-electron chi connectivity index (χ4n) is 2.49. The largest absolute Gasteiger partial charge is 0.387 e. The Balaban J connectivity index is 2.01. The summed E-state index contributed by atoms with van der Waals surface area (Å²) in [6, 6.07) is 4.00. The van der Waals surface area contributed by atoms with Crippen LogP contribution in [-0.4, -0.2) is 23.2 Å². The minimum Gasteiger partial charge on any atom is -0.387 e. The smallest absolute Gasteiger partial charge is 0.0931 e. The van der Waals surface area contributed by atoms with Crippen molar-refractivity contribution in [1.29, 1.82) is 0 Å². The summed E-state index contributed by atoms with van der Waals surface area (Å²) in [7, 11) is 0. The van der Waals surface area contributed by atoms with Gasteiger partial charge in [0, 0.05) is 13.1 Å². The van der Waals surface area contributed by atoms with E-state index >= 15 is 0 Å². The number of piperidine rings is 1. The molecule has 1 aliphatic heterocycles. The standard InChI is InChI=1S/C15H24N2O/c1-4-15(3)7-9-17(10-8-15)13-5-6-14(12(2)18)16-11-13/h5-6,11-12,18H,4,7-10H2,1-3H3. The van der Waals surface area contributed by atoms with Gasteiger partial charge in [-0.1, -0.05) is 20.3 Å². The maximum atomic E-state index is 9.45. The highest BCUT2D eigenvalue weighted by Crippen LogP contribution is 2.35. The van der Waals surface area contributed by atoms with Crippen molar-refractivity contribution in [3.05, 3.63) is 24.0 Å². The van der Waals surface area contributed by atoms with Crippen LogP contribution in [0.5, 0.6) is 0 Å². The zero-order chi connectivity index (χ0) is 13.2. The molecule has 1 fully saturated rings. The zero-order valence-corrected chi connectivity index (χ0v) is 11.7. The Morgan fingerprint density at radius 2 is 2.06 bits per heavy atom. The molecule has 0 bridgehead atoms. The molecule has 1 aliphatic rings. The van der Waals surface area contributed by atoms with E-state index in [1.165, 1.54) is 24.9 Å². The Morgan fingerprint density at radius 1 is 1.39 bits per heavy atom. The van der Waals surface area contributed by atoms with Crippen LogP contribution in [0.1, 0.15) is 51.8 Å². The summed E-state index contributed by atoms with van der Waals surface area (Å²) in [5, 5.41) is 9.45. The molecule has 0 radical (unpaired) electrons. The van der Waals surface area contributed by atoms with E-state index in [2.05, 4.69) is 29.8 Å². The molecule has 1 aromatic rings. The van der Waals surface area contributed by atoms with Crippen LogP contribution in [0.2, 0.25) is 0 Å². The number of nitrogens with zero attached hydrogens (tertiary/aromatic N) is 2. The van der Waals surface area contributed by atoms with Gasteiger partial charge < -0.3 is 10.0 Å². The van der Waals surface area contributed by atoms with Gasteiger partial charge in [0.15, 0.2) is 0 Å². The molecule has 1 atom stereocenters. The minimum absolute atomic E-state index is 0.483. The number of pyridine rings is 1. The topological polar surface area (TPSA) is 36.4 Å².